The lowest BCUT2D eigenvalue weighted by atomic mass is 9.87. The fourth-order valence-electron chi connectivity index (χ4n) is 7.85. The lowest BCUT2D eigenvalue weighted by Crippen LogP contribution is -2.74. The first kappa shape index (κ1) is 45.6. The molecule has 0 spiro atoms. The summed E-state index contributed by atoms with van der Waals surface area (Å²) < 4.78 is 115. The van der Waals surface area contributed by atoms with Gasteiger partial charge in [0.1, 0.15) is 58.7 Å². The topological polar surface area (TPSA) is 244 Å². The van der Waals surface area contributed by atoms with Gasteiger partial charge in [-0.2, -0.15) is 0 Å². The van der Waals surface area contributed by atoms with Crippen molar-refractivity contribution in [3.05, 3.63) is 132 Å². The van der Waals surface area contributed by atoms with Crippen LogP contribution in [0.25, 0.3) is 22.5 Å². The molecule has 6 heterocycles. The SMILES string of the molecule is O=S([C@@]1(c2cccnc2)O[C@H](CO)[C@H](O)[C@H](n2cc(-c3cc(F)c(F)c(F)c3)nn2)[C@]1(O)Cl)[C@@]1(c2cccnc2)O[C@H](CO)[C@H](O)[C@H](n2cc(-c3cc(F)c(F)c(F)c3)nn2)[C@]1(O)Cl. The Morgan fingerprint density at radius 3 is 1.33 bits per heavy atom. The number of aliphatic hydroxyl groups is 6. The second-order valence-corrected chi connectivity index (χ2v) is 17.4. The number of rotatable bonds is 10. The van der Waals surface area contributed by atoms with Gasteiger partial charge in [-0.1, -0.05) is 45.8 Å². The van der Waals surface area contributed by atoms with Crippen LogP contribution in [0.1, 0.15) is 23.2 Å². The number of nitrogens with zero attached hydrogens (tertiary/aromatic N) is 8. The van der Waals surface area contributed by atoms with Crippen molar-refractivity contribution in [3.8, 4) is 22.5 Å². The molecular weight excluding hydrogens is 929 g/mol. The lowest BCUT2D eigenvalue weighted by molar-refractivity contribution is -0.259. The van der Waals surface area contributed by atoms with Gasteiger partial charge in [-0.05, 0) is 36.4 Å². The number of ether oxygens (including phenoxy) is 2. The summed E-state index contributed by atoms with van der Waals surface area (Å²) in [6.07, 6.45) is -1.91. The second kappa shape index (κ2) is 16.8. The highest BCUT2D eigenvalue weighted by Crippen LogP contribution is 2.63. The van der Waals surface area contributed by atoms with Crippen molar-refractivity contribution in [2.45, 2.75) is 56.5 Å². The van der Waals surface area contributed by atoms with E-state index in [2.05, 4.69) is 30.6 Å². The predicted molar refractivity (Wildman–Crippen MR) is 206 cm³/mol. The van der Waals surface area contributed by atoms with Gasteiger partial charge in [-0.3, -0.25) is 14.2 Å². The number of alkyl halides is 2. The van der Waals surface area contributed by atoms with Crippen LogP contribution in [-0.2, 0) is 30.1 Å². The fraction of sp³-hybridized carbons (Fsp3) is 0.316. The molecule has 8 rings (SSSR count). The number of hydrogen-bond acceptors (Lipinski definition) is 15. The van der Waals surface area contributed by atoms with Gasteiger partial charge in [0.2, 0.25) is 20.0 Å². The first-order valence-electron chi connectivity index (χ1n) is 18.5. The van der Waals surface area contributed by atoms with Gasteiger partial charge in [-0.25, -0.2) is 35.7 Å². The Kier molecular flexibility index (Phi) is 11.9. The molecule has 0 aliphatic carbocycles. The molecule has 2 fully saturated rings. The van der Waals surface area contributed by atoms with Crippen LogP contribution in [0.3, 0.4) is 0 Å². The van der Waals surface area contributed by atoms with Crippen molar-refractivity contribution in [2.24, 2.45) is 0 Å². The highest BCUT2D eigenvalue weighted by atomic mass is 35.5. The Morgan fingerprint density at radius 1 is 0.656 bits per heavy atom. The largest absolute Gasteiger partial charge is 0.394 e. The van der Waals surface area contributed by atoms with Crippen LogP contribution >= 0.6 is 23.2 Å². The molecular formula is C38H30Cl2F6N8O9S. The summed E-state index contributed by atoms with van der Waals surface area (Å²) >= 11 is 14.4. The first-order chi connectivity index (χ1) is 30.3. The fourth-order valence-corrected chi connectivity index (χ4v) is 11.3. The maximum absolute atomic E-state index is 16.4. The molecule has 2 aliphatic heterocycles. The standard InChI is InChI=1S/C38H30Cl2F6N8O9S/c39-35(59)33(53-13-25(49-51-53)17-7-21(41)29(45)22(42)8-17)31(57)27(15-55)62-37(35,19-3-1-5-47-11-19)64(61)38(20-4-2-6-48-12-20)36(40,60)34(32(58)28(16-56)63-38)54-14-26(50-52-54)18-9-23(43)30(46)24(44)10-18/h1-14,27-28,31-34,55-60H,15-16H2/t27-,28-,31+,32+,33+,34+,35-,36-,37-,38-/m1/s1. The van der Waals surface area contributed by atoms with Crippen molar-refractivity contribution in [2.75, 3.05) is 13.2 Å². The minimum Gasteiger partial charge on any atom is -0.394 e. The highest BCUT2D eigenvalue weighted by molar-refractivity contribution is 7.87. The van der Waals surface area contributed by atoms with Crippen molar-refractivity contribution < 1.29 is 70.7 Å². The minimum atomic E-state index is -3.53. The minimum absolute atomic E-state index is 0.379. The summed E-state index contributed by atoms with van der Waals surface area (Å²) in [6.45, 7) is -2.28. The third-order valence-corrected chi connectivity index (χ3v) is 14.4. The Balaban J connectivity index is 1.36. The molecule has 0 radical (unpaired) electrons. The third-order valence-electron chi connectivity index (χ3n) is 10.9. The smallest absolute Gasteiger partial charge is 0.218 e. The van der Waals surface area contributed by atoms with E-state index in [1.54, 1.807) is 0 Å². The molecule has 6 N–H and O–H groups in total. The van der Waals surface area contributed by atoms with Crippen LogP contribution in [0.15, 0.2) is 85.7 Å². The molecule has 64 heavy (non-hydrogen) atoms. The van der Waals surface area contributed by atoms with Crippen molar-refractivity contribution in [1.82, 2.24) is 40.0 Å². The highest BCUT2D eigenvalue weighted by Gasteiger charge is 2.78. The molecule has 2 aromatic carbocycles. The lowest BCUT2D eigenvalue weighted by Gasteiger charge is -2.59. The molecule has 17 nitrogen and oxygen atoms in total. The summed E-state index contributed by atoms with van der Waals surface area (Å²) in [7, 11) is -3.53. The van der Waals surface area contributed by atoms with Crippen LogP contribution in [0, 0.1) is 34.9 Å². The zero-order chi connectivity index (χ0) is 46.1. The molecule has 6 aromatic rings. The maximum atomic E-state index is 16.4. The van der Waals surface area contributed by atoms with Gasteiger partial charge in [0.15, 0.2) is 34.9 Å². The third kappa shape index (κ3) is 6.90. The summed E-state index contributed by atoms with van der Waals surface area (Å²) in [6, 6.07) is 2.79. The molecule has 2 saturated heterocycles. The number of pyridine rings is 2. The van der Waals surface area contributed by atoms with Gasteiger partial charge in [-0.15, -0.1) is 10.2 Å². The number of hydrogen-bond donors (Lipinski definition) is 6. The average Bonchev–Trinajstić information content (AvgIpc) is 3.96. The van der Waals surface area contributed by atoms with Crippen molar-refractivity contribution in [3.63, 3.8) is 0 Å². The van der Waals surface area contributed by atoms with Crippen molar-refractivity contribution in [1.29, 1.82) is 0 Å². The monoisotopic (exact) mass is 958 g/mol. The van der Waals surface area contributed by atoms with Gasteiger partial charge in [0.05, 0.1) is 25.6 Å². The summed E-state index contributed by atoms with van der Waals surface area (Å²) in [5.74, 6) is -10.0. The summed E-state index contributed by atoms with van der Waals surface area (Å²) in [5.41, 5.74) is -2.39. The Hall–Kier alpha value is -4.99. The van der Waals surface area contributed by atoms with Crippen LogP contribution < -0.4 is 0 Å². The van der Waals surface area contributed by atoms with E-state index < -0.39 is 127 Å². The average molecular weight is 960 g/mol. The molecule has 4 aromatic heterocycles. The molecule has 0 amide bonds. The van der Waals surface area contributed by atoms with E-state index in [-0.39, 0.29) is 22.5 Å². The van der Waals surface area contributed by atoms with Crippen molar-refractivity contribution >= 4 is 34.0 Å². The first-order valence-corrected chi connectivity index (χ1v) is 20.4. The second-order valence-electron chi connectivity index (χ2n) is 14.6. The van der Waals surface area contributed by atoms with E-state index in [0.717, 1.165) is 24.8 Å². The van der Waals surface area contributed by atoms with Crippen LogP contribution in [0.2, 0.25) is 0 Å². The van der Waals surface area contributed by atoms with E-state index in [1.165, 1.54) is 36.7 Å². The van der Waals surface area contributed by atoms with E-state index in [1.807, 2.05) is 0 Å². The normalized spacial score (nSPS) is 30.8. The van der Waals surface area contributed by atoms with E-state index >= 15 is 4.21 Å². The molecule has 2 aliphatic rings. The van der Waals surface area contributed by atoms with Gasteiger partial charge in [0, 0.05) is 47.0 Å². The van der Waals surface area contributed by atoms with Crippen LogP contribution in [-0.4, -0.2) is 123 Å². The quantitative estimate of drug-likeness (QED) is 0.0657. The molecule has 338 valence electrons. The Morgan fingerprint density at radius 2 is 1.02 bits per heavy atom. The number of aliphatic hydroxyl groups excluding tert-OH is 4. The number of aromatic nitrogens is 8. The van der Waals surface area contributed by atoms with Gasteiger partial charge < -0.3 is 40.1 Å². The van der Waals surface area contributed by atoms with Gasteiger partial charge >= 0.3 is 0 Å². The molecule has 10 atom stereocenters. The van der Waals surface area contributed by atoms with Gasteiger partial charge in [0.25, 0.3) is 0 Å². The maximum Gasteiger partial charge on any atom is 0.218 e. The Labute approximate surface area is 367 Å². The van der Waals surface area contributed by atoms with E-state index in [4.69, 9.17) is 32.7 Å². The predicted octanol–water partition coefficient (Wildman–Crippen LogP) is 2.42. The zero-order valence-corrected chi connectivity index (χ0v) is 34.2. The molecule has 26 heteroatoms. The molecule has 0 bridgehead atoms. The number of benzene rings is 2. The molecule has 0 saturated carbocycles. The van der Waals surface area contributed by atoms with E-state index in [9.17, 15) is 57.0 Å². The summed E-state index contributed by atoms with van der Waals surface area (Å²) in [5, 5.41) is 79.4. The number of halogens is 8. The van der Waals surface area contributed by atoms with Crippen LogP contribution in [0.4, 0.5) is 26.3 Å². The summed E-state index contributed by atoms with van der Waals surface area (Å²) in [4.78, 5) is 1.68. The zero-order valence-electron chi connectivity index (χ0n) is 31.9. The van der Waals surface area contributed by atoms with Crippen LogP contribution in [0.5, 0.6) is 0 Å². The van der Waals surface area contributed by atoms with E-state index in [0.29, 0.717) is 33.6 Å². The Bertz CT molecular complexity index is 2510. The molecule has 0 unspecified atom stereocenters.